The lowest BCUT2D eigenvalue weighted by atomic mass is 10.1. The summed E-state index contributed by atoms with van der Waals surface area (Å²) in [7, 11) is 0. The maximum absolute atomic E-state index is 12.3. The highest BCUT2D eigenvalue weighted by atomic mass is 19.4. The van der Waals surface area contributed by atoms with Crippen LogP contribution in [0.4, 0.5) is 13.2 Å². The van der Waals surface area contributed by atoms with Gasteiger partial charge in [-0.05, 0) is 31.4 Å². The van der Waals surface area contributed by atoms with Crippen LogP contribution < -0.4 is 5.32 Å². The quantitative estimate of drug-likeness (QED) is 0.863. The fourth-order valence-corrected chi connectivity index (χ4v) is 1.53. The zero-order valence-electron chi connectivity index (χ0n) is 8.88. The van der Waals surface area contributed by atoms with Crippen LogP contribution in [0.5, 0.6) is 0 Å². The van der Waals surface area contributed by atoms with E-state index < -0.39 is 11.9 Å². The lowest BCUT2D eigenvalue weighted by molar-refractivity contribution is -0.141. The van der Waals surface area contributed by atoms with Gasteiger partial charge in [-0.3, -0.25) is 4.98 Å². The first-order valence-corrected chi connectivity index (χ1v) is 5.26. The number of hydrogen-bond acceptors (Lipinski definition) is 2. The highest BCUT2D eigenvalue weighted by Crippen LogP contribution is 2.28. The van der Waals surface area contributed by atoms with Gasteiger partial charge in [0.05, 0.1) is 0 Å². The Labute approximate surface area is 91.9 Å². The molecule has 1 saturated carbocycles. The molecular formula is C11H13F3N2. The molecule has 1 aromatic heterocycles. The lowest BCUT2D eigenvalue weighted by Gasteiger charge is -2.14. The summed E-state index contributed by atoms with van der Waals surface area (Å²) in [6.07, 6.45) is -0.759. The molecule has 2 nitrogen and oxygen atoms in total. The van der Waals surface area contributed by atoms with Gasteiger partial charge in [-0.1, -0.05) is 6.07 Å². The number of alkyl halides is 3. The van der Waals surface area contributed by atoms with Gasteiger partial charge in [-0.25, -0.2) is 0 Å². The Morgan fingerprint density at radius 3 is 2.50 bits per heavy atom. The normalized spacial score (nSPS) is 18.5. The summed E-state index contributed by atoms with van der Waals surface area (Å²) in [5.41, 5.74) is -0.0465. The fraction of sp³-hybridized carbons (Fsp3) is 0.545. The van der Waals surface area contributed by atoms with Gasteiger partial charge < -0.3 is 5.32 Å². The highest BCUT2D eigenvalue weighted by Gasteiger charge is 2.32. The summed E-state index contributed by atoms with van der Waals surface area (Å²) in [5.74, 6) is 0. The second-order valence-electron chi connectivity index (χ2n) is 4.14. The standard InChI is InChI=1S/C11H13F3N2/c1-7(16-9-3-4-9)8-2-5-10(15-6-8)11(12,13)14/h2,5-7,9,16H,3-4H2,1H3. The first-order chi connectivity index (χ1) is 7.47. The van der Waals surface area contributed by atoms with Crippen molar-refractivity contribution in [2.75, 3.05) is 0 Å². The van der Waals surface area contributed by atoms with Crippen molar-refractivity contribution >= 4 is 0 Å². The summed E-state index contributed by atoms with van der Waals surface area (Å²) in [5, 5.41) is 3.31. The van der Waals surface area contributed by atoms with Crippen molar-refractivity contribution in [1.82, 2.24) is 10.3 Å². The van der Waals surface area contributed by atoms with Crippen molar-refractivity contribution in [2.45, 2.75) is 38.0 Å². The van der Waals surface area contributed by atoms with E-state index in [0.717, 1.165) is 24.5 Å². The molecule has 0 spiro atoms. The topological polar surface area (TPSA) is 24.9 Å². The molecule has 0 bridgehead atoms. The Kier molecular flexibility index (Phi) is 2.88. The van der Waals surface area contributed by atoms with E-state index in [0.29, 0.717) is 6.04 Å². The minimum atomic E-state index is -4.36. The minimum Gasteiger partial charge on any atom is -0.307 e. The maximum atomic E-state index is 12.3. The molecule has 16 heavy (non-hydrogen) atoms. The Morgan fingerprint density at radius 2 is 2.06 bits per heavy atom. The molecule has 2 rings (SSSR count). The minimum absolute atomic E-state index is 0.0577. The molecule has 1 aliphatic rings. The second kappa shape index (κ2) is 4.05. The molecular weight excluding hydrogens is 217 g/mol. The number of nitrogens with zero attached hydrogens (tertiary/aromatic N) is 1. The van der Waals surface area contributed by atoms with Crippen LogP contribution in [-0.2, 0) is 6.18 Å². The molecule has 1 fully saturated rings. The third-order valence-electron chi connectivity index (χ3n) is 2.64. The summed E-state index contributed by atoms with van der Waals surface area (Å²) in [6, 6.07) is 3.09. The van der Waals surface area contributed by atoms with Gasteiger partial charge in [-0.15, -0.1) is 0 Å². The predicted molar refractivity (Wildman–Crippen MR) is 53.8 cm³/mol. The van der Waals surface area contributed by atoms with Crippen molar-refractivity contribution in [1.29, 1.82) is 0 Å². The summed E-state index contributed by atoms with van der Waals surface area (Å²) in [6.45, 7) is 1.93. The molecule has 0 aromatic carbocycles. The number of nitrogens with one attached hydrogen (secondary N) is 1. The molecule has 0 amide bonds. The van der Waals surface area contributed by atoms with Crippen molar-refractivity contribution in [3.8, 4) is 0 Å². The van der Waals surface area contributed by atoms with E-state index in [9.17, 15) is 13.2 Å². The summed E-state index contributed by atoms with van der Waals surface area (Å²) < 4.78 is 36.8. The third kappa shape index (κ3) is 2.72. The summed E-state index contributed by atoms with van der Waals surface area (Å²) >= 11 is 0. The first-order valence-electron chi connectivity index (χ1n) is 5.26. The van der Waals surface area contributed by atoms with Crippen molar-refractivity contribution in [3.05, 3.63) is 29.6 Å². The SMILES string of the molecule is CC(NC1CC1)c1ccc(C(F)(F)F)nc1. The number of hydrogen-bond donors (Lipinski definition) is 1. The van der Waals surface area contributed by atoms with Crippen LogP contribution in [0.1, 0.15) is 37.1 Å². The van der Waals surface area contributed by atoms with Gasteiger partial charge in [0.1, 0.15) is 5.69 Å². The van der Waals surface area contributed by atoms with E-state index in [1.807, 2.05) is 6.92 Å². The average Bonchev–Trinajstić information content (AvgIpc) is 3.00. The van der Waals surface area contributed by atoms with E-state index in [-0.39, 0.29) is 6.04 Å². The van der Waals surface area contributed by atoms with Gasteiger partial charge in [0.25, 0.3) is 0 Å². The van der Waals surface area contributed by atoms with Crippen LogP contribution >= 0.6 is 0 Å². The molecule has 1 unspecified atom stereocenters. The van der Waals surface area contributed by atoms with Crippen LogP contribution in [-0.4, -0.2) is 11.0 Å². The largest absolute Gasteiger partial charge is 0.433 e. The van der Waals surface area contributed by atoms with Gasteiger partial charge in [0, 0.05) is 18.3 Å². The smallest absolute Gasteiger partial charge is 0.307 e. The van der Waals surface area contributed by atoms with E-state index in [1.54, 1.807) is 0 Å². The number of pyridine rings is 1. The van der Waals surface area contributed by atoms with Crippen molar-refractivity contribution in [3.63, 3.8) is 0 Å². The fourth-order valence-electron chi connectivity index (χ4n) is 1.53. The van der Waals surface area contributed by atoms with Gasteiger partial charge in [-0.2, -0.15) is 13.2 Å². The molecule has 1 N–H and O–H groups in total. The number of aromatic nitrogens is 1. The van der Waals surface area contributed by atoms with Crippen molar-refractivity contribution < 1.29 is 13.2 Å². The van der Waals surface area contributed by atoms with Gasteiger partial charge in [0.2, 0.25) is 0 Å². The third-order valence-corrected chi connectivity index (χ3v) is 2.64. The molecule has 0 saturated heterocycles. The molecule has 1 heterocycles. The first kappa shape index (κ1) is 11.4. The van der Waals surface area contributed by atoms with Crippen LogP contribution in [0.25, 0.3) is 0 Å². The Balaban J connectivity index is 2.05. The lowest BCUT2D eigenvalue weighted by Crippen LogP contribution is -2.21. The maximum Gasteiger partial charge on any atom is 0.433 e. The van der Waals surface area contributed by atoms with E-state index in [1.165, 1.54) is 12.3 Å². The highest BCUT2D eigenvalue weighted by molar-refractivity contribution is 5.19. The van der Waals surface area contributed by atoms with E-state index in [4.69, 9.17) is 0 Å². The Hall–Kier alpha value is -1.10. The van der Waals surface area contributed by atoms with E-state index in [2.05, 4.69) is 10.3 Å². The molecule has 1 atom stereocenters. The van der Waals surface area contributed by atoms with Crippen LogP contribution in [0.3, 0.4) is 0 Å². The van der Waals surface area contributed by atoms with Gasteiger partial charge >= 0.3 is 6.18 Å². The molecule has 5 heteroatoms. The number of halogens is 3. The van der Waals surface area contributed by atoms with Gasteiger partial charge in [0.15, 0.2) is 0 Å². The zero-order valence-corrected chi connectivity index (χ0v) is 8.88. The molecule has 0 radical (unpaired) electrons. The zero-order chi connectivity index (χ0) is 11.8. The van der Waals surface area contributed by atoms with Crippen LogP contribution in [0.15, 0.2) is 18.3 Å². The van der Waals surface area contributed by atoms with Crippen LogP contribution in [0, 0.1) is 0 Å². The van der Waals surface area contributed by atoms with Crippen LogP contribution in [0.2, 0.25) is 0 Å². The predicted octanol–water partition coefficient (Wildman–Crippen LogP) is 2.91. The molecule has 1 aromatic rings. The average molecular weight is 230 g/mol. The Bertz CT molecular complexity index is 354. The Morgan fingerprint density at radius 1 is 1.38 bits per heavy atom. The summed E-state index contributed by atoms with van der Waals surface area (Å²) in [4.78, 5) is 3.43. The van der Waals surface area contributed by atoms with Crippen molar-refractivity contribution in [2.24, 2.45) is 0 Å². The molecule has 0 aliphatic heterocycles. The molecule has 88 valence electrons. The number of rotatable bonds is 3. The monoisotopic (exact) mass is 230 g/mol. The second-order valence-corrected chi connectivity index (χ2v) is 4.14. The van der Waals surface area contributed by atoms with E-state index >= 15 is 0 Å². The molecule has 1 aliphatic carbocycles.